The average molecular weight is 484 g/mol. The van der Waals surface area contributed by atoms with Gasteiger partial charge in [-0.1, -0.05) is 12.1 Å². The normalized spacial score (nSPS) is 11.4. The van der Waals surface area contributed by atoms with Crippen LogP contribution in [-0.2, 0) is 30.2 Å². The first-order chi connectivity index (χ1) is 15.2. The van der Waals surface area contributed by atoms with Crippen LogP contribution < -0.4 is 5.32 Å². The number of hydrogen-bond acceptors (Lipinski definition) is 9. The molecule has 0 aliphatic carbocycles. The lowest BCUT2D eigenvalue weighted by molar-refractivity contribution is -0.139. The van der Waals surface area contributed by atoms with Gasteiger partial charge in [0.15, 0.2) is 0 Å². The van der Waals surface area contributed by atoms with Crippen molar-refractivity contribution in [3.05, 3.63) is 51.7 Å². The van der Waals surface area contributed by atoms with Gasteiger partial charge in [-0.25, -0.2) is 14.0 Å². The second-order valence-electron chi connectivity index (χ2n) is 6.40. The number of benzene rings is 1. The third-order valence-corrected chi connectivity index (χ3v) is 6.70. The predicted molar refractivity (Wildman–Crippen MR) is 119 cm³/mol. The molecule has 1 amide bonds. The highest BCUT2D eigenvalue weighted by Crippen LogP contribution is 2.36. The van der Waals surface area contributed by atoms with E-state index in [-0.39, 0.29) is 44.2 Å². The smallest absolute Gasteiger partial charge is 0.348 e. The molecule has 1 unspecified atom stereocenters. The Hall–Kier alpha value is -2.92. The van der Waals surface area contributed by atoms with Crippen LogP contribution in [0.25, 0.3) is 0 Å². The Bertz CT molecular complexity index is 1000. The lowest BCUT2D eigenvalue weighted by atomic mass is 10.1. The first kappa shape index (κ1) is 25.3. The number of rotatable bonds is 9. The maximum atomic E-state index is 13.1. The molecule has 1 atom stereocenters. The quantitative estimate of drug-likeness (QED) is 0.426. The molecule has 2 rings (SSSR count). The molecule has 1 aromatic heterocycles. The lowest BCUT2D eigenvalue weighted by Crippen LogP contribution is -2.17. The van der Waals surface area contributed by atoms with Crippen LogP contribution in [0, 0.1) is 5.82 Å². The number of carbonyl (C=O) groups excluding carboxylic acids is 4. The van der Waals surface area contributed by atoms with E-state index in [4.69, 9.17) is 9.47 Å². The van der Waals surface area contributed by atoms with Gasteiger partial charge in [0.05, 0.1) is 39.1 Å². The number of halogens is 1. The van der Waals surface area contributed by atoms with Crippen molar-refractivity contribution in [3.63, 3.8) is 0 Å². The third kappa shape index (κ3) is 6.30. The zero-order valence-electron chi connectivity index (χ0n) is 17.9. The van der Waals surface area contributed by atoms with Crippen LogP contribution in [-0.4, -0.2) is 50.9 Å². The second kappa shape index (κ2) is 11.6. The van der Waals surface area contributed by atoms with Gasteiger partial charge >= 0.3 is 17.9 Å². The van der Waals surface area contributed by atoms with Gasteiger partial charge in [0, 0.05) is 10.8 Å². The van der Waals surface area contributed by atoms with E-state index in [0.29, 0.717) is 0 Å². The maximum Gasteiger partial charge on any atom is 0.348 e. The van der Waals surface area contributed by atoms with E-state index in [9.17, 15) is 23.6 Å². The van der Waals surface area contributed by atoms with Gasteiger partial charge in [0.25, 0.3) is 0 Å². The molecule has 0 radical (unpaired) electrons. The number of amides is 1. The molecule has 0 aliphatic heterocycles. The molecular weight excluding hydrogens is 461 g/mol. The monoisotopic (exact) mass is 483 g/mol. The summed E-state index contributed by atoms with van der Waals surface area (Å²) in [5.41, 5.74) is 0.806. The van der Waals surface area contributed by atoms with Crippen molar-refractivity contribution < 1.29 is 37.8 Å². The molecule has 8 nitrogen and oxygen atoms in total. The molecular formula is C21H22FNO7S2. The minimum atomic E-state index is -0.821. The Morgan fingerprint density at radius 3 is 2.22 bits per heavy atom. The summed E-state index contributed by atoms with van der Waals surface area (Å²) in [6.07, 6.45) is -0.381. The fraction of sp³-hybridized carbons (Fsp3) is 0.333. The predicted octanol–water partition coefficient (Wildman–Crippen LogP) is 3.61. The largest absolute Gasteiger partial charge is 0.469 e. The van der Waals surface area contributed by atoms with E-state index in [2.05, 4.69) is 10.1 Å². The van der Waals surface area contributed by atoms with Crippen molar-refractivity contribution in [2.45, 2.75) is 18.6 Å². The molecule has 0 bridgehead atoms. The minimum absolute atomic E-state index is 0.0130. The topological polar surface area (TPSA) is 108 Å². The number of nitrogens with one attached hydrogen (secondary N) is 1. The molecule has 2 aromatic rings. The number of methoxy groups -OCH3 is 3. The fourth-order valence-corrected chi connectivity index (χ4v) is 4.67. The lowest BCUT2D eigenvalue weighted by Gasteiger charge is -2.12. The van der Waals surface area contributed by atoms with E-state index < -0.39 is 23.8 Å². The van der Waals surface area contributed by atoms with E-state index in [1.54, 1.807) is 12.1 Å². The van der Waals surface area contributed by atoms with E-state index in [1.165, 1.54) is 31.0 Å². The van der Waals surface area contributed by atoms with Gasteiger partial charge < -0.3 is 19.5 Å². The van der Waals surface area contributed by atoms with Crippen molar-refractivity contribution >= 4 is 51.9 Å². The zero-order valence-corrected chi connectivity index (χ0v) is 19.5. The van der Waals surface area contributed by atoms with Gasteiger partial charge in [-0.05, 0) is 24.6 Å². The first-order valence-corrected chi connectivity index (χ1v) is 11.1. The van der Waals surface area contributed by atoms with Crippen LogP contribution in [0.15, 0.2) is 24.3 Å². The Balaban J connectivity index is 2.25. The third-order valence-electron chi connectivity index (χ3n) is 4.37. The zero-order chi connectivity index (χ0) is 23.8. The molecule has 0 aliphatic rings. The summed E-state index contributed by atoms with van der Waals surface area (Å²) in [6.45, 7) is 1.88. The van der Waals surface area contributed by atoms with Gasteiger partial charge in [0.2, 0.25) is 5.91 Å². The molecule has 0 fully saturated rings. The maximum absolute atomic E-state index is 13.1. The Kier molecular flexibility index (Phi) is 9.21. The molecule has 1 N–H and O–H groups in total. The summed E-state index contributed by atoms with van der Waals surface area (Å²) in [5, 5.41) is 2.58. The molecule has 0 spiro atoms. The van der Waals surface area contributed by atoms with Gasteiger partial charge in [0.1, 0.15) is 15.7 Å². The molecule has 11 heteroatoms. The van der Waals surface area contributed by atoms with Crippen molar-refractivity contribution in [3.8, 4) is 0 Å². The summed E-state index contributed by atoms with van der Waals surface area (Å²) < 4.78 is 27.3. The number of thioether (sulfide) groups is 1. The van der Waals surface area contributed by atoms with Gasteiger partial charge in [-0.15, -0.1) is 23.1 Å². The van der Waals surface area contributed by atoms with Crippen LogP contribution in [0.1, 0.15) is 43.3 Å². The molecule has 0 saturated heterocycles. The summed E-state index contributed by atoms with van der Waals surface area (Å²) in [7, 11) is 3.48. The van der Waals surface area contributed by atoms with Crippen LogP contribution in [0.3, 0.4) is 0 Å². The fourth-order valence-electron chi connectivity index (χ4n) is 2.71. The van der Waals surface area contributed by atoms with Crippen molar-refractivity contribution in [2.75, 3.05) is 32.4 Å². The van der Waals surface area contributed by atoms with Gasteiger partial charge in [-0.3, -0.25) is 9.59 Å². The first-order valence-electron chi connectivity index (χ1n) is 9.27. The highest BCUT2D eigenvalue weighted by molar-refractivity contribution is 8.00. The van der Waals surface area contributed by atoms with E-state index >= 15 is 0 Å². The van der Waals surface area contributed by atoms with Crippen molar-refractivity contribution in [2.24, 2.45) is 0 Å². The highest BCUT2D eigenvalue weighted by Gasteiger charge is 2.30. The molecule has 1 heterocycles. The van der Waals surface area contributed by atoms with Crippen LogP contribution in [0.5, 0.6) is 0 Å². The SMILES string of the molecule is COC(=O)Cc1c(C(=O)OC)sc(NC(=O)CSC(C)c2ccc(F)cc2)c1C(=O)OC. The Morgan fingerprint density at radius 1 is 1.03 bits per heavy atom. The Labute approximate surface area is 192 Å². The van der Waals surface area contributed by atoms with Crippen LogP contribution in [0.4, 0.5) is 9.39 Å². The number of esters is 3. The summed E-state index contributed by atoms with van der Waals surface area (Å²) in [4.78, 5) is 49.0. The Morgan fingerprint density at radius 2 is 1.66 bits per heavy atom. The van der Waals surface area contributed by atoms with Crippen LogP contribution in [0.2, 0.25) is 0 Å². The molecule has 172 valence electrons. The van der Waals surface area contributed by atoms with Gasteiger partial charge in [-0.2, -0.15) is 0 Å². The van der Waals surface area contributed by atoms with E-state index in [1.807, 2.05) is 6.92 Å². The molecule has 32 heavy (non-hydrogen) atoms. The number of ether oxygens (including phenoxy) is 3. The van der Waals surface area contributed by atoms with Crippen molar-refractivity contribution in [1.29, 1.82) is 0 Å². The number of carbonyl (C=O) groups is 4. The minimum Gasteiger partial charge on any atom is -0.469 e. The molecule has 1 aromatic carbocycles. The molecule has 0 saturated carbocycles. The second-order valence-corrected chi connectivity index (χ2v) is 8.75. The standard InChI is InChI=1S/C21H22FNO7S2/c1-11(12-5-7-13(22)8-6-12)31-10-15(24)23-19-17(20(26)29-3)14(9-16(25)28-2)18(32-19)21(27)30-4/h5-8,11H,9-10H2,1-4H3,(H,23,24). The summed E-state index contributed by atoms with van der Waals surface area (Å²) in [5.74, 6) is -3.02. The average Bonchev–Trinajstić information content (AvgIpc) is 3.13. The highest BCUT2D eigenvalue weighted by atomic mass is 32.2. The summed E-state index contributed by atoms with van der Waals surface area (Å²) >= 11 is 2.12. The van der Waals surface area contributed by atoms with Crippen molar-refractivity contribution in [1.82, 2.24) is 0 Å². The number of hydrogen-bond donors (Lipinski definition) is 1. The van der Waals surface area contributed by atoms with E-state index in [0.717, 1.165) is 31.1 Å². The number of anilines is 1. The van der Waals surface area contributed by atoms with Crippen LogP contribution >= 0.6 is 23.1 Å². The summed E-state index contributed by atoms with van der Waals surface area (Å²) in [6, 6.07) is 5.97. The number of thiophene rings is 1.